The first-order valence-electron chi connectivity index (χ1n) is 7.44. The van der Waals surface area contributed by atoms with Crippen LogP contribution in [0, 0.1) is 0 Å². The van der Waals surface area contributed by atoms with Crippen molar-refractivity contribution >= 4 is 11.5 Å². The number of ketones is 1. The lowest BCUT2D eigenvalue weighted by atomic mass is 9.93. The van der Waals surface area contributed by atoms with E-state index >= 15 is 0 Å². The second kappa shape index (κ2) is 6.60. The molecule has 5 heteroatoms. The van der Waals surface area contributed by atoms with Gasteiger partial charge in [0.15, 0.2) is 17.3 Å². The molecule has 0 aliphatic carbocycles. The summed E-state index contributed by atoms with van der Waals surface area (Å²) in [4.78, 5) is 20.9. The highest BCUT2D eigenvalue weighted by molar-refractivity contribution is 6.16. The number of carbonyl (C=O) groups is 1. The molecular weight excluding hydrogens is 292 g/mol. The highest BCUT2D eigenvalue weighted by Crippen LogP contribution is 2.33. The Labute approximate surface area is 135 Å². The number of methoxy groups -OCH3 is 2. The molecule has 0 bridgehead atoms. The molecule has 1 aromatic heterocycles. The van der Waals surface area contributed by atoms with Gasteiger partial charge in [-0.25, -0.2) is 0 Å². The quantitative estimate of drug-likeness (QED) is 0.797. The number of Topliss-reactive ketones (excluding diaryl/α,β-unsaturated/α-hetero) is 1. The van der Waals surface area contributed by atoms with E-state index in [1.165, 1.54) is 0 Å². The first-order valence-corrected chi connectivity index (χ1v) is 7.44. The minimum Gasteiger partial charge on any atom is -0.493 e. The SMILES string of the molecule is COc1cc2c(cc1OC)C(CC(=O)c1ccncc1)=NCC2. The van der Waals surface area contributed by atoms with E-state index in [4.69, 9.17) is 9.47 Å². The molecule has 0 amide bonds. The molecule has 2 aromatic rings. The molecule has 3 rings (SSSR count). The van der Waals surface area contributed by atoms with Gasteiger partial charge in [-0.2, -0.15) is 0 Å². The Hall–Kier alpha value is -2.69. The van der Waals surface area contributed by atoms with Crippen molar-refractivity contribution in [3.63, 3.8) is 0 Å². The van der Waals surface area contributed by atoms with Gasteiger partial charge in [-0.15, -0.1) is 0 Å². The zero-order valence-corrected chi connectivity index (χ0v) is 13.2. The van der Waals surface area contributed by atoms with Crippen molar-refractivity contribution in [2.24, 2.45) is 4.99 Å². The van der Waals surface area contributed by atoms with Crippen molar-refractivity contribution < 1.29 is 14.3 Å². The zero-order chi connectivity index (χ0) is 16.2. The molecule has 5 nitrogen and oxygen atoms in total. The van der Waals surface area contributed by atoms with Crippen LogP contribution in [0.15, 0.2) is 41.7 Å². The third-order valence-electron chi connectivity index (χ3n) is 3.93. The minimum absolute atomic E-state index is 0.0359. The molecule has 0 saturated carbocycles. The van der Waals surface area contributed by atoms with E-state index in [0.29, 0.717) is 23.6 Å². The van der Waals surface area contributed by atoms with Crippen molar-refractivity contribution in [1.82, 2.24) is 4.98 Å². The lowest BCUT2D eigenvalue weighted by molar-refractivity contribution is 0.100. The maximum atomic E-state index is 12.4. The van der Waals surface area contributed by atoms with Crippen molar-refractivity contribution in [3.05, 3.63) is 53.3 Å². The summed E-state index contributed by atoms with van der Waals surface area (Å²) in [5.74, 6) is 1.39. The van der Waals surface area contributed by atoms with Crippen molar-refractivity contribution in [1.29, 1.82) is 0 Å². The van der Waals surface area contributed by atoms with Crippen LogP contribution in [-0.4, -0.2) is 37.2 Å². The molecule has 0 saturated heterocycles. The minimum atomic E-state index is 0.0359. The molecule has 0 N–H and O–H groups in total. The second-order valence-corrected chi connectivity index (χ2v) is 5.28. The summed E-state index contributed by atoms with van der Waals surface area (Å²) in [6.45, 7) is 0.682. The molecule has 1 aliphatic rings. The zero-order valence-electron chi connectivity index (χ0n) is 13.2. The van der Waals surface area contributed by atoms with E-state index in [9.17, 15) is 4.79 Å². The Morgan fingerprint density at radius 3 is 2.52 bits per heavy atom. The summed E-state index contributed by atoms with van der Waals surface area (Å²) in [6, 6.07) is 7.33. The summed E-state index contributed by atoms with van der Waals surface area (Å²) in [6.07, 6.45) is 4.35. The predicted molar refractivity (Wildman–Crippen MR) is 87.8 cm³/mol. The van der Waals surface area contributed by atoms with E-state index in [2.05, 4.69) is 9.98 Å². The number of benzene rings is 1. The monoisotopic (exact) mass is 310 g/mol. The lowest BCUT2D eigenvalue weighted by Crippen LogP contribution is -2.17. The van der Waals surface area contributed by atoms with Crippen LogP contribution in [0.4, 0.5) is 0 Å². The summed E-state index contributed by atoms with van der Waals surface area (Å²) >= 11 is 0. The summed E-state index contributed by atoms with van der Waals surface area (Å²) < 4.78 is 10.7. The van der Waals surface area contributed by atoms with Gasteiger partial charge in [0.25, 0.3) is 0 Å². The fourth-order valence-corrected chi connectivity index (χ4v) is 2.74. The van der Waals surface area contributed by atoms with E-state index in [1.54, 1.807) is 38.7 Å². The van der Waals surface area contributed by atoms with Crippen LogP contribution < -0.4 is 9.47 Å². The van der Waals surface area contributed by atoms with Crippen LogP contribution in [0.25, 0.3) is 0 Å². The van der Waals surface area contributed by atoms with E-state index < -0.39 is 0 Å². The maximum absolute atomic E-state index is 12.4. The number of hydrogen-bond acceptors (Lipinski definition) is 5. The van der Waals surface area contributed by atoms with Gasteiger partial charge in [0.2, 0.25) is 0 Å². The standard InChI is InChI=1S/C18H18N2O3/c1-22-17-9-13-5-8-20-15(14(13)10-18(17)23-2)11-16(21)12-3-6-19-7-4-12/h3-4,6-7,9-10H,5,8,11H2,1-2H3. The Kier molecular flexibility index (Phi) is 4.37. The van der Waals surface area contributed by atoms with E-state index in [0.717, 1.165) is 23.3 Å². The van der Waals surface area contributed by atoms with E-state index in [-0.39, 0.29) is 12.2 Å². The van der Waals surface area contributed by atoms with Crippen molar-refractivity contribution in [2.45, 2.75) is 12.8 Å². The normalized spacial score (nSPS) is 13.0. The third-order valence-corrected chi connectivity index (χ3v) is 3.93. The van der Waals surface area contributed by atoms with Gasteiger partial charge in [0, 0.05) is 30.1 Å². The first-order chi connectivity index (χ1) is 11.2. The average molecular weight is 310 g/mol. The molecule has 0 fully saturated rings. The predicted octanol–water partition coefficient (Wildman–Crippen LogP) is 2.72. The van der Waals surface area contributed by atoms with Crippen LogP contribution >= 0.6 is 0 Å². The van der Waals surface area contributed by atoms with Gasteiger partial charge in [-0.3, -0.25) is 14.8 Å². The first kappa shape index (κ1) is 15.2. The van der Waals surface area contributed by atoms with Gasteiger partial charge in [0.05, 0.1) is 26.4 Å². The number of nitrogens with zero attached hydrogens (tertiary/aromatic N) is 2. The van der Waals surface area contributed by atoms with Gasteiger partial charge in [0.1, 0.15) is 0 Å². The molecule has 0 spiro atoms. The Bertz CT molecular complexity index is 754. The maximum Gasteiger partial charge on any atom is 0.168 e. The fourth-order valence-electron chi connectivity index (χ4n) is 2.74. The average Bonchev–Trinajstić information content (AvgIpc) is 2.61. The topological polar surface area (TPSA) is 60.8 Å². The number of hydrogen-bond donors (Lipinski definition) is 0. The summed E-state index contributed by atoms with van der Waals surface area (Å²) in [5.41, 5.74) is 3.55. The van der Waals surface area contributed by atoms with Gasteiger partial charge >= 0.3 is 0 Å². The Morgan fingerprint density at radius 2 is 1.83 bits per heavy atom. The number of carbonyl (C=O) groups excluding carboxylic acids is 1. The lowest BCUT2D eigenvalue weighted by Gasteiger charge is -2.19. The third kappa shape index (κ3) is 3.08. The number of rotatable bonds is 5. The van der Waals surface area contributed by atoms with Crippen LogP contribution in [0.5, 0.6) is 11.5 Å². The largest absolute Gasteiger partial charge is 0.493 e. The van der Waals surface area contributed by atoms with Gasteiger partial charge in [-0.1, -0.05) is 0 Å². The number of aromatic nitrogens is 1. The molecule has 2 heterocycles. The Balaban J connectivity index is 1.91. The highest BCUT2D eigenvalue weighted by atomic mass is 16.5. The number of fused-ring (bicyclic) bond motifs is 1. The molecule has 118 valence electrons. The Morgan fingerprint density at radius 1 is 1.13 bits per heavy atom. The fraction of sp³-hybridized carbons (Fsp3) is 0.278. The molecule has 0 atom stereocenters. The second-order valence-electron chi connectivity index (χ2n) is 5.28. The molecule has 0 unspecified atom stereocenters. The molecule has 23 heavy (non-hydrogen) atoms. The van der Waals surface area contributed by atoms with Crippen LogP contribution in [-0.2, 0) is 6.42 Å². The smallest absolute Gasteiger partial charge is 0.168 e. The van der Waals surface area contributed by atoms with E-state index in [1.807, 2.05) is 12.1 Å². The summed E-state index contributed by atoms with van der Waals surface area (Å²) in [7, 11) is 3.22. The molecule has 1 aliphatic heterocycles. The number of ether oxygens (including phenoxy) is 2. The van der Waals surface area contributed by atoms with Gasteiger partial charge in [-0.05, 0) is 36.2 Å². The van der Waals surface area contributed by atoms with Crippen LogP contribution in [0.2, 0.25) is 0 Å². The molecule has 0 radical (unpaired) electrons. The molecular formula is C18H18N2O3. The molecule has 1 aromatic carbocycles. The van der Waals surface area contributed by atoms with Crippen molar-refractivity contribution in [3.8, 4) is 11.5 Å². The van der Waals surface area contributed by atoms with Crippen LogP contribution in [0.1, 0.15) is 27.9 Å². The van der Waals surface area contributed by atoms with Crippen molar-refractivity contribution in [2.75, 3.05) is 20.8 Å². The van der Waals surface area contributed by atoms with Gasteiger partial charge < -0.3 is 9.47 Å². The van der Waals surface area contributed by atoms with Crippen LogP contribution in [0.3, 0.4) is 0 Å². The number of pyridine rings is 1. The number of aliphatic imine (C=N–C) groups is 1. The highest BCUT2D eigenvalue weighted by Gasteiger charge is 2.20. The summed E-state index contributed by atoms with van der Waals surface area (Å²) in [5, 5.41) is 0.